The Morgan fingerprint density at radius 1 is 1.09 bits per heavy atom. The normalized spacial score (nSPS) is 11.8. The number of nitrogens with zero attached hydrogens (tertiary/aromatic N) is 3. The first-order valence-corrected chi connectivity index (χ1v) is 10.3. The van der Waals surface area contributed by atoms with E-state index in [0.717, 1.165) is 17.8 Å². The van der Waals surface area contributed by atoms with E-state index in [1.165, 1.54) is 12.1 Å². The minimum absolute atomic E-state index is 0.102. The summed E-state index contributed by atoms with van der Waals surface area (Å²) >= 11 is 0. The van der Waals surface area contributed by atoms with Gasteiger partial charge in [-0.25, -0.2) is 9.97 Å². The van der Waals surface area contributed by atoms with Crippen molar-refractivity contribution in [3.8, 4) is 5.75 Å². The van der Waals surface area contributed by atoms with E-state index in [4.69, 9.17) is 4.74 Å². The fourth-order valence-electron chi connectivity index (χ4n) is 3.52. The molecule has 0 saturated heterocycles. The summed E-state index contributed by atoms with van der Waals surface area (Å²) in [6.45, 7) is 2.03. The van der Waals surface area contributed by atoms with Crippen LogP contribution in [0.25, 0.3) is 16.7 Å². The summed E-state index contributed by atoms with van der Waals surface area (Å²) in [5.74, 6) is 0.349. The highest BCUT2D eigenvalue weighted by atomic mass is 19.4. The average molecular weight is 465 g/mol. The number of aromatic amines is 1. The van der Waals surface area contributed by atoms with E-state index >= 15 is 0 Å². The number of nitrogens with one attached hydrogen (secondary N) is 2. The van der Waals surface area contributed by atoms with Crippen molar-refractivity contribution >= 4 is 28.5 Å². The van der Waals surface area contributed by atoms with Gasteiger partial charge < -0.3 is 14.1 Å². The highest BCUT2D eigenvalue weighted by Gasteiger charge is 2.29. The van der Waals surface area contributed by atoms with Crippen LogP contribution < -0.4 is 10.1 Å². The zero-order chi connectivity index (χ0) is 23.9. The van der Waals surface area contributed by atoms with Gasteiger partial charge in [0.05, 0.1) is 16.6 Å². The van der Waals surface area contributed by atoms with Crippen LogP contribution in [-0.2, 0) is 12.8 Å². The summed E-state index contributed by atoms with van der Waals surface area (Å²) in [7, 11) is 0. The van der Waals surface area contributed by atoms with E-state index in [1.54, 1.807) is 24.4 Å². The first kappa shape index (κ1) is 21.5. The van der Waals surface area contributed by atoms with Crippen LogP contribution in [0.5, 0.6) is 5.75 Å². The molecule has 5 rings (SSSR count). The fraction of sp³-hybridized carbons (Fsp3) is 0.125. The zero-order valence-electron chi connectivity index (χ0n) is 17.8. The van der Waals surface area contributed by atoms with Gasteiger partial charge in [-0.3, -0.25) is 10.1 Å². The van der Waals surface area contributed by atoms with Gasteiger partial charge in [-0.1, -0.05) is 18.2 Å². The lowest BCUT2D eigenvalue weighted by molar-refractivity contribution is -0.137. The Balaban J connectivity index is 1.27. The number of hydrogen-bond acceptors (Lipinski definition) is 4. The van der Waals surface area contributed by atoms with E-state index < -0.39 is 17.6 Å². The van der Waals surface area contributed by atoms with Crippen LogP contribution in [0.3, 0.4) is 0 Å². The third-order valence-corrected chi connectivity index (χ3v) is 5.30. The highest BCUT2D eigenvalue weighted by molar-refractivity contribution is 6.03. The molecule has 0 radical (unpaired) electrons. The number of fused-ring (bicyclic) bond motifs is 2. The van der Waals surface area contributed by atoms with E-state index in [9.17, 15) is 18.0 Å². The number of aryl methyl sites for hydroxylation is 1. The molecule has 0 aliphatic rings. The SMILES string of the molecule is Cc1cccc2nc(C(=O)Nc3nc4cc(OCc5ccc(C(F)(F)F)cc5)ccc4[nH]3)cn12. The molecule has 5 aromatic rings. The van der Waals surface area contributed by atoms with Crippen LogP contribution in [0.15, 0.2) is 66.9 Å². The number of alkyl halides is 3. The summed E-state index contributed by atoms with van der Waals surface area (Å²) in [6, 6.07) is 15.5. The van der Waals surface area contributed by atoms with Gasteiger partial charge in [0.2, 0.25) is 5.95 Å². The van der Waals surface area contributed by atoms with Gasteiger partial charge in [0.1, 0.15) is 23.7 Å². The molecule has 1 amide bonds. The molecule has 2 aromatic carbocycles. The molecule has 0 bridgehead atoms. The molecular weight excluding hydrogens is 447 g/mol. The summed E-state index contributed by atoms with van der Waals surface area (Å²) in [4.78, 5) is 24.4. The number of carbonyl (C=O) groups excluding carboxylic acids is 1. The van der Waals surface area contributed by atoms with Gasteiger partial charge in [-0.05, 0) is 48.9 Å². The Morgan fingerprint density at radius 3 is 2.62 bits per heavy atom. The van der Waals surface area contributed by atoms with Gasteiger partial charge in [0.25, 0.3) is 5.91 Å². The van der Waals surface area contributed by atoms with Crippen molar-refractivity contribution < 1.29 is 22.7 Å². The molecule has 2 N–H and O–H groups in total. The Labute approximate surface area is 191 Å². The van der Waals surface area contributed by atoms with Crippen molar-refractivity contribution in [2.45, 2.75) is 19.7 Å². The first-order valence-electron chi connectivity index (χ1n) is 10.3. The molecule has 172 valence electrons. The number of rotatable bonds is 5. The molecule has 0 unspecified atom stereocenters. The van der Waals surface area contributed by atoms with Crippen molar-refractivity contribution in [3.05, 3.63) is 89.4 Å². The number of hydrogen-bond donors (Lipinski definition) is 2. The number of imidazole rings is 2. The van der Waals surface area contributed by atoms with Crippen LogP contribution >= 0.6 is 0 Å². The minimum Gasteiger partial charge on any atom is -0.489 e. The number of halogens is 3. The summed E-state index contributed by atoms with van der Waals surface area (Å²) in [5.41, 5.74) is 3.03. The van der Waals surface area contributed by atoms with Crippen molar-refractivity contribution in [1.82, 2.24) is 19.4 Å². The van der Waals surface area contributed by atoms with Crippen LogP contribution in [0.4, 0.5) is 19.1 Å². The molecule has 0 fully saturated rings. The largest absolute Gasteiger partial charge is 0.489 e. The number of aromatic nitrogens is 4. The second-order valence-electron chi connectivity index (χ2n) is 7.72. The zero-order valence-corrected chi connectivity index (χ0v) is 17.8. The fourth-order valence-corrected chi connectivity index (χ4v) is 3.52. The van der Waals surface area contributed by atoms with Crippen molar-refractivity contribution in [1.29, 1.82) is 0 Å². The van der Waals surface area contributed by atoms with Crippen molar-refractivity contribution in [2.24, 2.45) is 0 Å². The molecule has 3 aromatic heterocycles. The number of ether oxygens (including phenoxy) is 1. The van der Waals surface area contributed by atoms with E-state index in [0.29, 0.717) is 28.0 Å². The van der Waals surface area contributed by atoms with Crippen molar-refractivity contribution in [3.63, 3.8) is 0 Å². The number of amides is 1. The summed E-state index contributed by atoms with van der Waals surface area (Å²) in [5, 5.41) is 2.71. The van der Waals surface area contributed by atoms with Gasteiger partial charge >= 0.3 is 6.18 Å². The topological polar surface area (TPSA) is 84.3 Å². The molecular formula is C24H18F3N5O2. The van der Waals surface area contributed by atoms with E-state index in [-0.39, 0.29) is 18.2 Å². The Morgan fingerprint density at radius 2 is 1.88 bits per heavy atom. The monoisotopic (exact) mass is 465 g/mol. The molecule has 10 heteroatoms. The maximum atomic E-state index is 12.7. The minimum atomic E-state index is -4.37. The highest BCUT2D eigenvalue weighted by Crippen LogP contribution is 2.29. The van der Waals surface area contributed by atoms with Gasteiger partial charge in [0, 0.05) is 18.0 Å². The van der Waals surface area contributed by atoms with E-state index in [1.807, 2.05) is 29.5 Å². The van der Waals surface area contributed by atoms with E-state index in [2.05, 4.69) is 20.3 Å². The summed E-state index contributed by atoms with van der Waals surface area (Å²) < 4.78 is 45.6. The van der Waals surface area contributed by atoms with Gasteiger partial charge in [0.15, 0.2) is 0 Å². The van der Waals surface area contributed by atoms with Crippen LogP contribution in [-0.4, -0.2) is 25.3 Å². The number of pyridine rings is 1. The van der Waals surface area contributed by atoms with Crippen LogP contribution in [0.2, 0.25) is 0 Å². The maximum Gasteiger partial charge on any atom is 0.416 e. The molecule has 0 aliphatic carbocycles. The Kier molecular flexibility index (Phi) is 5.20. The molecule has 7 nitrogen and oxygen atoms in total. The lowest BCUT2D eigenvalue weighted by atomic mass is 10.1. The standard InChI is InChI=1S/C24H18F3N5O2/c1-14-3-2-4-21-28-20(12-32(14)21)22(33)31-23-29-18-10-9-17(11-19(18)30-23)34-13-15-5-7-16(8-6-15)24(25,26)27/h2-12H,13H2,1H3,(H2,29,30,31,33). The third kappa shape index (κ3) is 4.29. The summed E-state index contributed by atoms with van der Waals surface area (Å²) in [6.07, 6.45) is -2.71. The molecule has 0 saturated carbocycles. The molecule has 0 aliphatic heterocycles. The molecule has 0 atom stereocenters. The number of H-pyrrole nitrogens is 1. The lowest BCUT2D eigenvalue weighted by Gasteiger charge is -2.09. The third-order valence-electron chi connectivity index (χ3n) is 5.30. The molecule has 3 heterocycles. The predicted molar refractivity (Wildman–Crippen MR) is 120 cm³/mol. The molecule has 0 spiro atoms. The second-order valence-corrected chi connectivity index (χ2v) is 7.72. The quantitative estimate of drug-likeness (QED) is 0.366. The predicted octanol–water partition coefficient (Wildman–Crippen LogP) is 5.37. The van der Waals surface area contributed by atoms with Gasteiger partial charge in [-0.2, -0.15) is 13.2 Å². The number of anilines is 1. The first-order chi connectivity index (χ1) is 16.3. The molecule has 34 heavy (non-hydrogen) atoms. The second kappa shape index (κ2) is 8.22. The average Bonchev–Trinajstić information content (AvgIpc) is 3.41. The Bertz CT molecular complexity index is 1500. The lowest BCUT2D eigenvalue weighted by Crippen LogP contribution is -2.13. The number of benzene rings is 2. The Hall–Kier alpha value is -4.34. The smallest absolute Gasteiger partial charge is 0.416 e. The van der Waals surface area contributed by atoms with Gasteiger partial charge in [-0.15, -0.1) is 0 Å². The number of carbonyl (C=O) groups is 1. The van der Waals surface area contributed by atoms with Crippen LogP contribution in [0, 0.1) is 6.92 Å². The maximum absolute atomic E-state index is 12.7. The van der Waals surface area contributed by atoms with Crippen molar-refractivity contribution in [2.75, 3.05) is 5.32 Å². The van der Waals surface area contributed by atoms with Crippen LogP contribution in [0.1, 0.15) is 27.3 Å².